The molecule has 4 aromatic rings. The molecule has 26 heavy (non-hydrogen) atoms. The Morgan fingerprint density at radius 2 is 1.85 bits per heavy atom. The highest BCUT2D eigenvalue weighted by molar-refractivity contribution is 5.99. The van der Waals surface area contributed by atoms with Gasteiger partial charge in [-0.15, -0.1) is 0 Å². The number of hydrogen-bond acceptors (Lipinski definition) is 4. The van der Waals surface area contributed by atoms with Gasteiger partial charge in [0, 0.05) is 22.2 Å². The van der Waals surface area contributed by atoms with Crippen molar-refractivity contribution in [2.24, 2.45) is 0 Å². The van der Waals surface area contributed by atoms with E-state index in [2.05, 4.69) is 25.8 Å². The molecule has 0 spiro atoms. The zero-order chi connectivity index (χ0) is 18.3. The average Bonchev–Trinajstić information content (AvgIpc) is 2.93. The second kappa shape index (κ2) is 6.03. The van der Waals surface area contributed by atoms with E-state index in [0.29, 0.717) is 16.5 Å². The number of nitrogens with zero attached hydrogens (tertiary/aromatic N) is 1. The van der Waals surface area contributed by atoms with E-state index in [9.17, 15) is 9.59 Å². The van der Waals surface area contributed by atoms with Crippen LogP contribution in [0.25, 0.3) is 21.8 Å². The highest BCUT2D eigenvalue weighted by Crippen LogP contribution is 2.22. The number of aromatic amines is 2. The molecule has 7 heteroatoms. The van der Waals surface area contributed by atoms with E-state index < -0.39 is 0 Å². The van der Waals surface area contributed by atoms with Crippen LogP contribution in [0.4, 0.5) is 5.95 Å². The van der Waals surface area contributed by atoms with Crippen LogP contribution in [0, 0.1) is 13.8 Å². The van der Waals surface area contributed by atoms with Crippen molar-refractivity contribution < 1.29 is 4.79 Å². The second-order valence-corrected chi connectivity index (χ2v) is 6.15. The number of anilines is 1. The standard InChI is InChI=1S/C19H17N5O2/c1-10-11(2)20-16-8-7-12(9-14(10)16)17(25)23-24-19-21-15-6-4-3-5-13(15)18(26)22-19/h3-9,20H,1-2H3,(H,23,25)(H2,21,22,24,26). The van der Waals surface area contributed by atoms with Gasteiger partial charge in [-0.2, -0.15) is 0 Å². The maximum atomic E-state index is 12.4. The first-order chi connectivity index (χ1) is 12.5. The number of H-pyrrole nitrogens is 2. The highest BCUT2D eigenvalue weighted by Gasteiger charge is 2.10. The highest BCUT2D eigenvalue weighted by atomic mass is 16.2. The summed E-state index contributed by atoms with van der Waals surface area (Å²) in [6, 6.07) is 12.5. The molecule has 0 saturated heterocycles. The van der Waals surface area contributed by atoms with Crippen LogP contribution in [0.15, 0.2) is 47.3 Å². The Morgan fingerprint density at radius 3 is 2.69 bits per heavy atom. The maximum absolute atomic E-state index is 12.4. The molecular weight excluding hydrogens is 330 g/mol. The summed E-state index contributed by atoms with van der Waals surface area (Å²) < 4.78 is 0. The van der Waals surface area contributed by atoms with Crippen LogP contribution in [-0.2, 0) is 0 Å². The van der Waals surface area contributed by atoms with Crippen molar-refractivity contribution >= 4 is 33.7 Å². The van der Waals surface area contributed by atoms with Crippen LogP contribution in [0.3, 0.4) is 0 Å². The number of aromatic nitrogens is 3. The van der Waals surface area contributed by atoms with Crippen molar-refractivity contribution in [3.05, 3.63) is 69.6 Å². The molecule has 1 amide bonds. The van der Waals surface area contributed by atoms with E-state index in [4.69, 9.17) is 0 Å². The topological polar surface area (TPSA) is 103 Å². The van der Waals surface area contributed by atoms with Gasteiger partial charge in [-0.25, -0.2) is 4.98 Å². The van der Waals surface area contributed by atoms with Crippen molar-refractivity contribution in [1.82, 2.24) is 20.4 Å². The summed E-state index contributed by atoms with van der Waals surface area (Å²) in [5.74, 6) is -0.141. The van der Waals surface area contributed by atoms with Crippen molar-refractivity contribution in [2.75, 3.05) is 5.43 Å². The van der Waals surface area contributed by atoms with Gasteiger partial charge in [0.1, 0.15) is 0 Å². The average molecular weight is 347 g/mol. The first-order valence-corrected chi connectivity index (χ1v) is 8.17. The first kappa shape index (κ1) is 15.9. The number of para-hydroxylation sites is 1. The molecule has 0 aliphatic carbocycles. The molecule has 0 bridgehead atoms. The lowest BCUT2D eigenvalue weighted by Crippen LogP contribution is -2.31. The summed E-state index contributed by atoms with van der Waals surface area (Å²) in [6.45, 7) is 4.01. The third-order valence-corrected chi connectivity index (χ3v) is 4.48. The smallest absolute Gasteiger partial charge is 0.269 e. The Balaban J connectivity index is 1.57. The lowest BCUT2D eigenvalue weighted by Gasteiger charge is -2.08. The molecule has 130 valence electrons. The van der Waals surface area contributed by atoms with Gasteiger partial charge in [-0.1, -0.05) is 12.1 Å². The second-order valence-electron chi connectivity index (χ2n) is 6.15. The molecule has 0 atom stereocenters. The van der Waals surface area contributed by atoms with Gasteiger partial charge >= 0.3 is 0 Å². The summed E-state index contributed by atoms with van der Waals surface area (Å²) in [7, 11) is 0. The molecule has 0 radical (unpaired) electrons. The molecule has 2 heterocycles. The fourth-order valence-corrected chi connectivity index (χ4v) is 2.94. The molecular formula is C19H17N5O2. The largest absolute Gasteiger partial charge is 0.358 e. The Morgan fingerprint density at radius 1 is 1.04 bits per heavy atom. The number of hydrogen-bond donors (Lipinski definition) is 4. The van der Waals surface area contributed by atoms with E-state index >= 15 is 0 Å². The van der Waals surface area contributed by atoms with Gasteiger partial charge < -0.3 is 4.98 Å². The van der Waals surface area contributed by atoms with Gasteiger partial charge in [0.25, 0.3) is 11.5 Å². The minimum Gasteiger partial charge on any atom is -0.358 e. The number of aryl methyl sites for hydroxylation is 2. The molecule has 0 aliphatic rings. The van der Waals surface area contributed by atoms with Crippen LogP contribution >= 0.6 is 0 Å². The van der Waals surface area contributed by atoms with E-state index in [1.54, 1.807) is 30.3 Å². The number of carbonyl (C=O) groups excluding carboxylic acids is 1. The number of benzene rings is 2. The van der Waals surface area contributed by atoms with Crippen molar-refractivity contribution in [1.29, 1.82) is 0 Å². The van der Waals surface area contributed by atoms with E-state index in [1.165, 1.54) is 0 Å². The Labute approximate surface area is 148 Å². The number of rotatable bonds is 3. The molecule has 0 unspecified atom stereocenters. The molecule has 0 saturated carbocycles. The fraction of sp³-hybridized carbons (Fsp3) is 0.105. The van der Waals surface area contributed by atoms with Crippen LogP contribution < -0.4 is 16.4 Å². The third-order valence-electron chi connectivity index (χ3n) is 4.48. The van der Waals surface area contributed by atoms with Crippen LogP contribution in [0.5, 0.6) is 0 Å². The molecule has 4 rings (SSSR count). The summed E-state index contributed by atoms with van der Waals surface area (Å²) >= 11 is 0. The molecule has 7 nitrogen and oxygen atoms in total. The minimum absolute atomic E-state index is 0.178. The van der Waals surface area contributed by atoms with E-state index in [0.717, 1.165) is 22.2 Å². The summed E-state index contributed by atoms with van der Waals surface area (Å²) in [5, 5.41) is 1.50. The molecule has 2 aromatic carbocycles. The number of nitrogens with one attached hydrogen (secondary N) is 4. The Bertz CT molecular complexity index is 1210. The zero-order valence-electron chi connectivity index (χ0n) is 14.3. The lowest BCUT2D eigenvalue weighted by atomic mass is 10.1. The summed E-state index contributed by atoms with van der Waals surface area (Å²) in [6.07, 6.45) is 0. The normalized spacial score (nSPS) is 11.0. The number of fused-ring (bicyclic) bond motifs is 2. The van der Waals surface area contributed by atoms with Gasteiger partial charge in [0.05, 0.1) is 10.9 Å². The summed E-state index contributed by atoms with van der Waals surface area (Å²) in [5.41, 5.74) is 9.21. The summed E-state index contributed by atoms with van der Waals surface area (Å²) in [4.78, 5) is 34.6. The lowest BCUT2D eigenvalue weighted by molar-refractivity contribution is 0.0962. The number of amides is 1. The van der Waals surface area contributed by atoms with Gasteiger partial charge in [-0.05, 0) is 49.7 Å². The van der Waals surface area contributed by atoms with E-state index in [-0.39, 0.29) is 17.4 Å². The molecule has 4 N–H and O–H groups in total. The SMILES string of the molecule is Cc1[nH]c2ccc(C(=O)NNc3nc4ccccc4c(=O)[nH]3)cc2c1C. The van der Waals surface area contributed by atoms with Crippen LogP contribution in [0.2, 0.25) is 0 Å². The number of hydrazine groups is 1. The van der Waals surface area contributed by atoms with Gasteiger partial charge in [-0.3, -0.25) is 25.4 Å². The van der Waals surface area contributed by atoms with Crippen LogP contribution in [-0.4, -0.2) is 20.9 Å². The Kier molecular flexibility index (Phi) is 3.69. The maximum Gasteiger partial charge on any atom is 0.269 e. The predicted octanol–water partition coefficient (Wildman–Crippen LogP) is 2.78. The number of carbonyl (C=O) groups is 1. The predicted molar refractivity (Wildman–Crippen MR) is 101 cm³/mol. The van der Waals surface area contributed by atoms with E-state index in [1.807, 2.05) is 26.0 Å². The first-order valence-electron chi connectivity index (χ1n) is 8.17. The zero-order valence-corrected chi connectivity index (χ0v) is 14.3. The van der Waals surface area contributed by atoms with Gasteiger partial charge in [0.15, 0.2) is 0 Å². The van der Waals surface area contributed by atoms with Gasteiger partial charge in [0.2, 0.25) is 5.95 Å². The van der Waals surface area contributed by atoms with Crippen molar-refractivity contribution in [3.8, 4) is 0 Å². The molecule has 0 aliphatic heterocycles. The van der Waals surface area contributed by atoms with Crippen molar-refractivity contribution in [2.45, 2.75) is 13.8 Å². The Hall–Kier alpha value is -3.61. The molecule has 0 fully saturated rings. The molecule has 2 aromatic heterocycles. The monoisotopic (exact) mass is 347 g/mol. The third kappa shape index (κ3) is 2.69. The minimum atomic E-state index is -0.319. The quantitative estimate of drug-likeness (QED) is 0.428. The fourth-order valence-electron chi connectivity index (χ4n) is 2.94. The van der Waals surface area contributed by atoms with Crippen LogP contribution in [0.1, 0.15) is 21.6 Å². The van der Waals surface area contributed by atoms with Crippen molar-refractivity contribution in [3.63, 3.8) is 0 Å².